The van der Waals surface area contributed by atoms with Gasteiger partial charge in [-0.2, -0.15) is 0 Å². The van der Waals surface area contributed by atoms with Crippen LogP contribution in [0.15, 0.2) is 48.7 Å². The quantitative estimate of drug-likeness (QED) is 0.181. The van der Waals surface area contributed by atoms with Crippen molar-refractivity contribution in [2.75, 3.05) is 18.7 Å². The van der Waals surface area contributed by atoms with Crippen molar-refractivity contribution in [3.63, 3.8) is 0 Å². The van der Waals surface area contributed by atoms with Crippen LogP contribution in [0.25, 0.3) is 10.9 Å². The molecule has 2 aromatic carbocycles. The number of halogens is 1. The number of para-hydroxylation sites is 2. The van der Waals surface area contributed by atoms with Crippen molar-refractivity contribution >= 4 is 46.3 Å². The molecule has 0 bridgehead atoms. The average Bonchev–Trinajstić information content (AvgIpc) is 3.50. The number of anilines is 2. The summed E-state index contributed by atoms with van der Waals surface area (Å²) in [4.78, 5) is 21.3. The largest absolute Gasteiger partial charge is 0.469 e. The summed E-state index contributed by atoms with van der Waals surface area (Å²) >= 11 is 6.35. The zero-order chi connectivity index (χ0) is 28.2. The number of hydrogen-bond acceptors (Lipinski definition) is 6. The number of nitrogens with zero attached hydrogens (tertiary/aromatic N) is 3. The fraction of sp³-hybridized carbons (Fsp3) is 0.448. The number of benzene rings is 2. The molecule has 1 aromatic heterocycles. The Balaban J connectivity index is 0.000000535. The summed E-state index contributed by atoms with van der Waals surface area (Å²) in [5.74, 6) is -0.211. The van der Waals surface area contributed by atoms with Crippen LogP contribution in [0.3, 0.4) is 0 Å². The van der Waals surface area contributed by atoms with Gasteiger partial charge in [0.2, 0.25) is 0 Å². The number of fused-ring (bicyclic) bond motifs is 2. The van der Waals surface area contributed by atoms with E-state index in [0.29, 0.717) is 31.0 Å². The number of rotatable bonds is 7. The second-order valence-corrected chi connectivity index (χ2v) is 9.20. The lowest BCUT2D eigenvalue weighted by Crippen LogP contribution is -2.33. The molecule has 7 nitrogen and oxygen atoms in total. The Hall–Kier alpha value is -3.03. The Morgan fingerprint density at radius 1 is 1.05 bits per heavy atom. The molecular formula is C29H42ClN3O4. The number of ether oxygens (including phenoxy) is 2. The zero-order valence-corrected chi connectivity index (χ0v) is 24.4. The third kappa shape index (κ3) is 9.41. The van der Waals surface area contributed by atoms with Crippen LogP contribution in [0, 0.1) is 0 Å². The minimum absolute atomic E-state index is 0.211. The first-order valence-corrected chi connectivity index (χ1v) is 13.1. The van der Waals surface area contributed by atoms with Crippen molar-refractivity contribution in [2.24, 2.45) is 7.05 Å². The van der Waals surface area contributed by atoms with Gasteiger partial charge in [-0.3, -0.25) is 14.6 Å². The molecule has 204 valence electrons. The van der Waals surface area contributed by atoms with Crippen LogP contribution in [0.1, 0.15) is 60.5 Å². The predicted octanol–water partition coefficient (Wildman–Crippen LogP) is 7.27. The van der Waals surface area contributed by atoms with Gasteiger partial charge in [-0.15, -0.1) is 0 Å². The van der Waals surface area contributed by atoms with Crippen molar-refractivity contribution in [2.45, 2.75) is 67.0 Å². The third-order valence-corrected chi connectivity index (χ3v) is 5.40. The van der Waals surface area contributed by atoms with Gasteiger partial charge in [0.15, 0.2) is 0 Å². The highest BCUT2D eigenvalue weighted by Gasteiger charge is 2.34. The van der Waals surface area contributed by atoms with Crippen LogP contribution < -0.4 is 5.01 Å². The maximum absolute atomic E-state index is 11.7. The molecular weight excluding hydrogens is 490 g/mol. The smallest absolute Gasteiger partial charge is 0.306 e. The lowest BCUT2D eigenvalue weighted by atomic mass is 10.1. The maximum Gasteiger partial charge on any atom is 0.306 e. The standard InChI is InChI=1S/C20H20ClN3O2.C5H10O2.2C2H6/c1-22-9-7-16-14(11-15(21)12-19(16)22)13-23(10-8-20(25)26-2)24-17-5-3-4-6-18(17)24;1-5(2,3)7-4-6;2*1-2/h3-7,9,11-12H,8,10,13H2,1-2H3;4H,1-3H3;2*1-2H3. The maximum atomic E-state index is 11.7. The second kappa shape index (κ2) is 15.3. The van der Waals surface area contributed by atoms with E-state index in [0.717, 1.165) is 11.1 Å². The molecule has 2 heterocycles. The van der Waals surface area contributed by atoms with E-state index in [9.17, 15) is 9.59 Å². The van der Waals surface area contributed by atoms with E-state index < -0.39 is 0 Å². The Morgan fingerprint density at radius 3 is 2.14 bits per heavy atom. The Morgan fingerprint density at radius 2 is 1.65 bits per heavy atom. The molecule has 8 heteroatoms. The van der Waals surface area contributed by atoms with E-state index in [1.165, 1.54) is 23.9 Å². The predicted molar refractivity (Wildman–Crippen MR) is 153 cm³/mol. The average molecular weight is 532 g/mol. The summed E-state index contributed by atoms with van der Waals surface area (Å²) in [6.45, 7) is 15.2. The van der Waals surface area contributed by atoms with Gasteiger partial charge in [-0.25, -0.2) is 5.01 Å². The first-order chi connectivity index (χ1) is 17.6. The molecule has 0 saturated heterocycles. The molecule has 3 aromatic rings. The monoisotopic (exact) mass is 531 g/mol. The highest BCUT2D eigenvalue weighted by Crippen LogP contribution is 2.49. The number of hydrogen-bond donors (Lipinski definition) is 0. The van der Waals surface area contributed by atoms with Crippen LogP contribution in [0.5, 0.6) is 0 Å². The molecule has 37 heavy (non-hydrogen) atoms. The Labute approximate surface area is 226 Å². The van der Waals surface area contributed by atoms with Crippen LogP contribution in [0.2, 0.25) is 5.02 Å². The van der Waals surface area contributed by atoms with Gasteiger partial charge in [-0.1, -0.05) is 51.4 Å². The van der Waals surface area contributed by atoms with Gasteiger partial charge in [0.1, 0.15) is 5.60 Å². The number of carbonyl (C=O) groups excluding carboxylic acids is 2. The second-order valence-electron chi connectivity index (χ2n) is 8.77. The van der Waals surface area contributed by atoms with Crippen molar-refractivity contribution in [1.82, 2.24) is 9.58 Å². The minimum atomic E-state index is -0.318. The zero-order valence-electron chi connectivity index (χ0n) is 23.7. The molecule has 0 fully saturated rings. The summed E-state index contributed by atoms with van der Waals surface area (Å²) in [6.07, 6.45) is 2.37. The molecule has 0 amide bonds. The van der Waals surface area contributed by atoms with Gasteiger partial charge < -0.3 is 14.0 Å². The first kappa shape index (κ1) is 32.0. The highest BCUT2D eigenvalue weighted by molar-refractivity contribution is 6.31. The Kier molecular flexibility index (Phi) is 13.2. The van der Waals surface area contributed by atoms with E-state index >= 15 is 0 Å². The molecule has 0 radical (unpaired) electrons. The minimum Gasteiger partial charge on any atom is -0.469 e. The number of aromatic nitrogens is 1. The van der Waals surface area contributed by atoms with Crippen molar-refractivity contribution in [3.8, 4) is 0 Å². The summed E-state index contributed by atoms with van der Waals surface area (Å²) in [6, 6.07) is 14.3. The van der Waals surface area contributed by atoms with Gasteiger partial charge in [0, 0.05) is 42.3 Å². The number of hydrazine groups is 1. The fourth-order valence-corrected chi connectivity index (χ4v) is 3.78. The summed E-state index contributed by atoms with van der Waals surface area (Å²) < 4.78 is 11.4. The molecule has 0 atom stereocenters. The van der Waals surface area contributed by atoms with Crippen molar-refractivity contribution < 1.29 is 19.1 Å². The van der Waals surface area contributed by atoms with Crippen LogP contribution >= 0.6 is 11.6 Å². The number of carbonyl (C=O) groups is 2. The van der Waals surface area contributed by atoms with Gasteiger partial charge in [0.05, 0.1) is 24.9 Å². The fourth-order valence-electron chi connectivity index (χ4n) is 3.55. The molecule has 0 N–H and O–H groups in total. The number of methoxy groups -OCH3 is 1. The lowest BCUT2D eigenvalue weighted by molar-refractivity contribution is -0.141. The topological polar surface area (TPSA) is 63.8 Å². The van der Waals surface area contributed by atoms with Gasteiger partial charge >= 0.3 is 5.97 Å². The first-order valence-electron chi connectivity index (χ1n) is 12.7. The highest BCUT2D eigenvalue weighted by atomic mass is 35.5. The summed E-state index contributed by atoms with van der Waals surface area (Å²) in [7, 11) is 3.43. The number of aryl methyl sites for hydroxylation is 1. The van der Waals surface area contributed by atoms with Gasteiger partial charge in [-0.05, 0) is 56.7 Å². The molecule has 1 aliphatic rings. The normalized spacial score (nSPS) is 11.2. The molecule has 1 aliphatic heterocycles. The van der Waals surface area contributed by atoms with Gasteiger partial charge in [0.25, 0.3) is 6.47 Å². The Bertz CT molecular complexity index is 1110. The molecule has 0 saturated carbocycles. The third-order valence-electron chi connectivity index (χ3n) is 5.18. The lowest BCUT2D eigenvalue weighted by Gasteiger charge is -2.24. The van der Waals surface area contributed by atoms with E-state index in [2.05, 4.69) is 37.5 Å². The van der Waals surface area contributed by atoms with Crippen LogP contribution in [-0.2, 0) is 32.7 Å². The van der Waals surface area contributed by atoms with E-state index in [-0.39, 0.29) is 11.6 Å². The van der Waals surface area contributed by atoms with Crippen LogP contribution in [0.4, 0.5) is 11.4 Å². The van der Waals surface area contributed by atoms with E-state index in [4.69, 9.17) is 16.3 Å². The van der Waals surface area contributed by atoms with Crippen molar-refractivity contribution in [1.29, 1.82) is 0 Å². The summed E-state index contributed by atoms with van der Waals surface area (Å²) in [5, 5.41) is 6.20. The molecule has 0 aliphatic carbocycles. The van der Waals surface area contributed by atoms with Crippen molar-refractivity contribution in [3.05, 3.63) is 59.2 Å². The van der Waals surface area contributed by atoms with E-state index in [1.54, 1.807) is 0 Å². The molecule has 4 rings (SSSR count). The molecule has 0 unspecified atom stereocenters. The number of esters is 1. The van der Waals surface area contributed by atoms with Crippen LogP contribution in [-0.4, -0.2) is 41.3 Å². The SMILES string of the molecule is CC.CC.CC(C)(C)OC=O.COC(=O)CCN(Cc1cc(Cl)cc2c1ccn2C)N1c2ccccc21. The molecule has 0 spiro atoms. The summed E-state index contributed by atoms with van der Waals surface area (Å²) in [5.41, 5.74) is 4.26. The van der Waals surface area contributed by atoms with E-state index in [1.807, 2.05) is 86.0 Å².